The number of nitrogen functional groups attached to an aromatic ring is 1. The van der Waals surface area contributed by atoms with Gasteiger partial charge in [-0.25, -0.2) is 9.67 Å². The molecule has 15 nitrogen and oxygen atoms in total. The van der Waals surface area contributed by atoms with Crippen molar-refractivity contribution in [3.8, 4) is 11.6 Å². The number of para-hydroxylation sites is 1. The van der Waals surface area contributed by atoms with E-state index in [-0.39, 0.29) is 37.5 Å². The number of piperazine rings is 1. The van der Waals surface area contributed by atoms with E-state index < -0.39 is 11.1 Å². The van der Waals surface area contributed by atoms with Crippen molar-refractivity contribution in [2.45, 2.75) is 18.1 Å². The lowest BCUT2D eigenvalue weighted by atomic mass is 9.90. The maximum Gasteiger partial charge on any atom is 0.255 e. The number of furan rings is 1. The van der Waals surface area contributed by atoms with Crippen molar-refractivity contribution in [2.24, 2.45) is 0 Å². The molecule has 1 unspecified atom stereocenters. The first-order valence-electron chi connectivity index (χ1n) is 16.0. The Bertz CT molecular complexity index is 2170. The lowest BCUT2D eigenvalue weighted by Gasteiger charge is -2.41. The third kappa shape index (κ3) is 5.14. The van der Waals surface area contributed by atoms with Gasteiger partial charge in [-0.05, 0) is 36.8 Å². The van der Waals surface area contributed by atoms with E-state index in [0.29, 0.717) is 60.0 Å². The van der Waals surface area contributed by atoms with Gasteiger partial charge >= 0.3 is 0 Å². The first-order chi connectivity index (χ1) is 23.7. The molecule has 6 heterocycles. The number of fused-ring (bicyclic) bond motifs is 3. The number of ether oxygens (including phenoxy) is 1. The molecule has 15 heteroatoms. The number of nitrogens with zero attached hydrogens (tertiary/aromatic N) is 8. The minimum atomic E-state index is -1.30. The summed E-state index contributed by atoms with van der Waals surface area (Å²) in [5.74, 6) is 0.481. The number of hydrogen-bond donors (Lipinski definition) is 3. The molecule has 4 aromatic heterocycles. The maximum absolute atomic E-state index is 14.7. The molecule has 4 N–H and O–H groups in total. The Hall–Kier alpha value is -5.80. The quantitative estimate of drug-likeness (QED) is 0.217. The van der Waals surface area contributed by atoms with Crippen molar-refractivity contribution in [1.29, 1.82) is 0 Å². The second kappa shape index (κ2) is 11.7. The Morgan fingerprint density at radius 1 is 0.980 bits per heavy atom. The number of nitrogens with one attached hydrogen (secondary N) is 1. The van der Waals surface area contributed by atoms with Crippen LogP contribution in [0.2, 0.25) is 0 Å². The summed E-state index contributed by atoms with van der Waals surface area (Å²) in [6, 6.07) is 20.3. The topological polar surface area (TPSA) is 182 Å². The summed E-state index contributed by atoms with van der Waals surface area (Å²) in [6.07, 6.45) is 3.17. The molecule has 2 amide bonds. The molecule has 2 fully saturated rings. The molecule has 0 saturated carbocycles. The van der Waals surface area contributed by atoms with Crippen LogP contribution in [0.15, 0.2) is 83.6 Å². The highest BCUT2D eigenvalue weighted by Crippen LogP contribution is 2.34. The molecule has 0 bridgehead atoms. The fourth-order valence-corrected chi connectivity index (χ4v) is 6.53. The van der Waals surface area contributed by atoms with Crippen LogP contribution in [-0.4, -0.2) is 103 Å². The predicted octanol–water partition coefficient (Wildman–Crippen LogP) is 1.92. The van der Waals surface area contributed by atoms with Crippen molar-refractivity contribution >= 4 is 40.1 Å². The summed E-state index contributed by atoms with van der Waals surface area (Å²) < 4.78 is 13.6. The third-order valence-corrected chi connectivity index (χ3v) is 9.32. The van der Waals surface area contributed by atoms with Crippen LogP contribution in [0, 0.1) is 0 Å². The van der Waals surface area contributed by atoms with Gasteiger partial charge in [-0.1, -0.05) is 42.5 Å². The average Bonchev–Trinajstić information content (AvgIpc) is 3.90. The zero-order valence-corrected chi connectivity index (χ0v) is 26.7. The van der Waals surface area contributed by atoms with Crippen molar-refractivity contribution in [1.82, 2.24) is 39.6 Å². The van der Waals surface area contributed by atoms with E-state index >= 15 is 0 Å². The number of aliphatic hydroxyl groups is 1. The third-order valence-electron chi connectivity index (χ3n) is 9.32. The number of carbonyl (C=O) groups is 2. The first kappa shape index (κ1) is 30.5. The van der Waals surface area contributed by atoms with Crippen LogP contribution in [0.4, 0.5) is 11.6 Å². The number of carbonyl (C=O) groups excluding carboxylic acids is 2. The van der Waals surface area contributed by atoms with Gasteiger partial charge in [0.2, 0.25) is 11.8 Å². The van der Waals surface area contributed by atoms with E-state index in [1.807, 2.05) is 60.4 Å². The van der Waals surface area contributed by atoms with Crippen LogP contribution in [0.3, 0.4) is 0 Å². The zero-order chi connectivity index (χ0) is 33.8. The van der Waals surface area contributed by atoms with E-state index in [2.05, 4.69) is 25.3 Å². The Balaban J connectivity index is 1.09. The normalized spacial score (nSPS) is 17.2. The molecule has 2 aliphatic heterocycles. The molecule has 49 heavy (non-hydrogen) atoms. The Kier molecular flexibility index (Phi) is 7.30. The van der Waals surface area contributed by atoms with Crippen LogP contribution < -0.4 is 16.0 Å². The van der Waals surface area contributed by atoms with E-state index in [9.17, 15) is 14.7 Å². The van der Waals surface area contributed by atoms with Crippen LogP contribution in [0.1, 0.15) is 22.8 Å². The summed E-state index contributed by atoms with van der Waals surface area (Å²) in [5, 5.41) is 23.0. The molecule has 2 saturated heterocycles. The minimum absolute atomic E-state index is 0.0870. The second-order valence-electron chi connectivity index (χ2n) is 12.5. The molecular formula is C34H34N10O5. The molecule has 2 aliphatic rings. The van der Waals surface area contributed by atoms with Crippen molar-refractivity contribution in [3.63, 3.8) is 0 Å². The standard InChI is InChI=1S/C34H34N10O5/c1-33(22-8-3-2-4-9-22,44-29-24(18-37-44)28-38-27(26-12-7-17-49-26)40-43(28)32(35)39-29)31(46)42-15-13-41(14-16-42)25-11-6-5-10-23(25)30(45)36-19-34(47)20-48-21-34/h2-12,17-18,47H,13-16,19-21H2,1H3,(H2,35,39)(H,36,45). The van der Waals surface area contributed by atoms with E-state index in [0.717, 1.165) is 11.3 Å². The van der Waals surface area contributed by atoms with Gasteiger partial charge in [-0.15, -0.1) is 5.10 Å². The zero-order valence-electron chi connectivity index (χ0n) is 26.7. The fourth-order valence-electron chi connectivity index (χ4n) is 6.53. The molecule has 0 spiro atoms. The molecule has 0 aliphatic carbocycles. The molecule has 8 rings (SSSR count). The van der Waals surface area contributed by atoms with Crippen LogP contribution in [0.25, 0.3) is 28.3 Å². The summed E-state index contributed by atoms with van der Waals surface area (Å²) in [5.41, 5.74) is 6.89. The highest BCUT2D eigenvalue weighted by Gasteiger charge is 2.44. The largest absolute Gasteiger partial charge is 0.461 e. The number of hydrogen-bond acceptors (Lipinski definition) is 11. The Morgan fingerprint density at radius 2 is 1.73 bits per heavy atom. The number of rotatable bonds is 8. The van der Waals surface area contributed by atoms with Gasteiger partial charge in [0.25, 0.3) is 11.8 Å². The predicted molar refractivity (Wildman–Crippen MR) is 179 cm³/mol. The molecule has 6 aromatic rings. The molecule has 2 aromatic carbocycles. The SMILES string of the molecule is CC(C(=O)N1CCN(c2ccccc2C(=O)NCC2(O)COC2)CC1)(c1ccccc1)n1ncc2c1nc(N)n1nc(-c3ccco3)nc21. The van der Waals surface area contributed by atoms with Crippen LogP contribution in [0.5, 0.6) is 0 Å². The molecule has 0 radical (unpaired) electrons. The number of aromatic nitrogens is 6. The maximum atomic E-state index is 14.7. The summed E-state index contributed by atoms with van der Waals surface area (Å²) in [6.45, 7) is 4.15. The number of benzene rings is 2. The summed E-state index contributed by atoms with van der Waals surface area (Å²) >= 11 is 0. The highest BCUT2D eigenvalue weighted by molar-refractivity contribution is 6.00. The Morgan fingerprint density at radius 3 is 2.45 bits per heavy atom. The van der Waals surface area contributed by atoms with E-state index in [4.69, 9.17) is 20.0 Å². The monoisotopic (exact) mass is 662 g/mol. The minimum Gasteiger partial charge on any atom is -0.461 e. The van der Waals surface area contributed by atoms with Crippen molar-refractivity contribution in [2.75, 3.05) is 56.6 Å². The number of amides is 2. The van der Waals surface area contributed by atoms with Crippen LogP contribution in [-0.2, 0) is 15.1 Å². The number of anilines is 2. The lowest BCUT2D eigenvalue weighted by Crippen LogP contribution is -2.57. The molecule has 250 valence electrons. The van der Waals surface area contributed by atoms with E-state index in [1.165, 1.54) is 4.52 Å². The van der Waals surface area contributed by atoms with Gasteiger partial charge in [-0.2, -0.15) is 14.6 Å². The van der Waals surface area contributed by atoms with Gasteiger partial charge in [0, 0.05) is 31.9 Å². The Labute approximate surface area is 279 Å². The first-order valence-corrected chi connectivity index (χ1v) is 16.0. The summed E-state index contributed by atoms with van der Waals surface area (Å²) in [4.78, 5) is 41.2. The van der Waals surface area contributed by atoms with Crippen molar-refractivity contribution < 1.29 is 23.8 Å². The number of nitrogens with two attached hydrogens (primary N) is 1. The smallest absolute Gasteiger partial charge is 0.255 e. The van der Waals surface area contributed by atoms with Gasteiger partial charge in [-0.3, -0.25) is 9.59 Å². The average molecular weight is 663 g/mol. The fraction of sp³-hybridized carbons (Fsp3) is 0.294. The molecular weight excluding hydrogens is 628 g/mol. The van der Waals surface area contributed by atoms with Crippen molar-refractivity contribution in [3.05, 3.63) is 90.3 Å². The van der Waals surface area contributed by atoms with E-state index in [1.54, 1.807) is 35.3 Å². The van der Waals surface area contributed by atoms with Gasteiger partial charge < -0.3 is 35.1 Å². The summed E-state index contributed by atoms with van der Waals surface area (Å²) in [7, 11) is 0. The van der Waals surface area contributed by atoms with Gasteiger partial charge in [0.05, 0.1) is 43.2 Å². The molecule has 1 atom stereocenters. The van der Waals surface area contributed by atoms with Crippen LogP contribution >= 0.6 is 0 Å². The lowest BCUT2D eigenvalue weighted by molar-refractivity contribution is -0.173. The van der Waals surface area contributed by atoms with Gasteiger partial charge in [0.1, 0.15) is 5.60 Å². The highest BCUT2D eigenvalue weighted by atomic mass is 16.5. The second-order valence-corrected chi connectivity index (χ2v) is 12.5. The van der Waals surface area contributed by atoms with Gasteiger partial charge in [0.15, 0.2) is 22.6 Å².